The Morgan fingerprint density at radius 3 is 1.97 bits per heavy atom. The molecule has 2 heteroatoms. The summed E-state index contributed by atoms with van der Waals surface area (Å²) in [7, 11) is 0. The number of rotatable bonds is 1. The van der Waals surface area contributed by atoms with Gasteiger partial charge in [-0.15, -0.1) is 0 Å². The predicted molar refractivity (Wildman–Crippen MR) is 125 cm³/mol. The molecule has 0 fully saturated rings. The Morgan fingerprint density at radius 2 is 1.19 bits per heavy atom. The molecule has 31 heavy (non-hydrogen) atoms. The molecule has 4 aromatic carbocycles. The average molecular weight is 401 g/mol. The van der Waals surface area contributed by atoms with Crippen molar-refractivity contribution >= 4 is 21.5 Å². The molecule has 2 aliphatic carbocycles. The Kier molecular flexibility index (Phi) is 3.46. The summed E-state index contributed by atoms with van der Waals surface area (Å²) >= 11 is 0. The number of pyridine rings is 1. The van der Waals surface area contributed by atoms with Crippen LogP contribution in [-0.4, -0.2) is 4.98 Å². The number of hydrogen-bond donors (Lipinski definition) is 0. The van der Waals surface area contributed by atoms with Gasteiger partial charge in [0.25, 0.3) is 0 Å². The van der Waals surface area contributed by atoms with Crippen LogP contribution in [0.25, 0.3) is 43.9 Å². The van der Waals surface area contributed by atoms with Gasteiger partial charge in [-0.3, -0.25) is 4.98 Å². The van der Waals surface area contributed by atoms with E-state index < -0.39 is 0 Å². The summed E-state index contributed by atoms with van der Waals surface area (Å²) in [5, 5.41) is 3.75. The Hall–Kier alpha value is -3.52. The van der Waals surface area contributed by atoms with Crippen LogP contribution >= 0.6 is 0 Å². The molecule has 7 rings (SSSR count). The van der Waals surface area contributed by atoms with Crippen molar-refractivity contribution in [2.45, 2.75) is 25.7 Å². The largest absolute Gasteiger partial charge is 0.256 e. The first-order valence-corrected chi connectivity index (χ1v) is 11.0. The molecule has 0 amide bonds. The molecule has 0 aliphatic heterocycles. The van der Waals surface area contributed by atoms with Gasteiger partial charge in [0.05, 0.1) is 5.69 Å². The molecule has 0 spiro atoms. The van der Waals surface area contributed by atoms with Crippen LogP contribution in [0.1, 0.15) is 22.3 Å². The molecule has 0 radical (unpaired) electrons. The van der Waals surface area contributed by atoms with Crippen LogP contribution in [0.15, 0.2) is 72.9 Å². The minimum atomic E-state index is -0.176. The van der Waals surface area contributed by atoms with Crippen molar-refractivity contribution in [1.82, 2.24) is 4.98 Å². The second-order valence-corrected chi connectivity index (χ2v) is 8.78. The topological polar surface area (TPSA) is 12.9 Å². The van der Waals surface area contributed by atoms with Crippen molar-refractivity contribution in [3.05, 3.63) is 101 Å². The van der Waals surface area contributed by atoms with E-state index in [0.717, 1.165) is 47.5 Å². The number of nitrogens with zero attached hydrogens (tertiary/aromatic N) is 1. The third kappa shape index (κ3) is 2.39. The van der Waals surface area contributed by atoms with Gasteiger partial charge >= 0.3 is 0 Å². The Bertz CT molecular complexity index is 1500. The number of fused-ring (bicyclic) bond motifs is 3. The van der Waals surface area contributed by atoms with E-state index in [1.54, 1.807) is 6.07 Å². The average Bonchev–Trinajstić information content (AvgIpc) is 2.82. The SMILES string of the molecule is Fc1cccc2c1ccc1c(-c3cc4c5c(c3)CCc3cccc(c3-5)CC4)nccc12. The molecule has 0 N–H and O–H groups in total. The first-order chi connectivity index (χ1) is 15.3. The van der Waals surface area contributed by atoms with Gasteiger partial charge in [-0.1, -0.05) is 42.5 Å². The van der Waals surface area contributed by atoms with Crippen LogP contribution in [-0.2, 0) is 25.7 Å². The van der Waals surface area contributed by atoms with Crippen LogP contribution in [0.5, 0.6) is 0 Å². The molecule has 0 bridgehead atoms. The van der Waals surface area contributed by atoms with Crippen LogP contribution in [0, 0.1) is 5.82 Å². The zero-order chi connectivity index (χ0) is 20.5. The number of halogens is 1. The summed E-state index contributed by atoms with van der Waals surface area (Å²) in [5.74, 6) is -0.176. The molecule has 0 saturated carbocycles. The third-order valence-corrected chi connectivity index (χ3v) is 7.14. The van der Waals surface area contributed by atoms with E-state index in [9.17, 15) is 4.39 Å². The van der Waals surface area contributed by atoms with Gasteiger partial charge in [0, 0.05) is 22.5 Å². The molecule has 0 atom stereocenters. The molecule has 5 aromatic rings. The highest BCUT2D eigenvalue weighted by Crippen LogP contribution is 2.44. The minimum Gasteiger partial charge on any atom is -0.256 e. The highest BCUT2D eigenvalue weighted by atomic mass is 19.1. The van der Waals surface area contributed by atoms with Crippen molar-refractivity contribution in [3.8, 4) is 22.4 Å². The monoisotopic (exact) mass is 401 g/mol. The molecule has 0 saturated heterocycles. The Morgan fingerprint density at radius 1 is 0.581 bits per heavy atom. The smallest absolute Gasteiger partial charge is 0.131 e. The minimum absolute atomic E-state index is 0.176. The second-order valence-electron chi connectivity index (χ2n) is 8.78. The molecule has 1 nitrogen and oxygen atoms in total. The maximum absolute atomic E-state index is 14.3. The molecule has 148 valence electrons. The van der Waals surface area contributed by atoms with Gasteiger partial charge in [-0.05, 0) is 94.1 Å². The van der Waals surface area contributed by atoms with E-state index in [1.807, 2.05) is 30.5 Å². The molecule has 0 unspecified atom stereocenters. The zero-order valence-corrected chi connectivity index (χ0v) is 17.1. The molecule has 2 aliphatic rings. The van der Waals surface area contributed by atoms with Crippen LogP contribution in [0.4, 0.5) is 4.39 Å². The van der Waals surface area contributed by atoms with Crippen molar-refractivity contribution in [2.75, 3.05) is 0 Å². The molecule has 1 heterocycles. The first-order valence-electron chi connectivity index (χ1n) is 11.0. The summed E-state index contributed by atoms with van der Waals surface area (Å²) < 4.78 is 14.3. The Labute approximate surface area is 180 Å². The maximum atomic E-state index is 14.3. The number of hydrogen-bond acceptors (Lipinski definition) is 1. The fraction of sp³-hybridized carbons (Fsp3) is 0.138. The van der Waals surface area contributed by atoms with Crippen molar-refractivity contribution in [2.24, 2.45) is 0 Å². The lowest BCUT2D eigenvalue weighted by Gasteiger charge is -2.30. The number of benzene rings is 4. The van der Waals surface area contributed by atoms with E-state index >= 15 is 0 Å². The quantitative estimate of drug-likeness (QED) is 0.274. The van der Waals surface area contributed by atoms with Crippen LogP contribution < -0.4 is 0 Å². The van der Waals surface area contributed by atoms with Crippen molar-refractivity contribution < 1.29 is 4.39 Å². The highest BCUT2D eigenvalue weighted by molar-refractivity contribution is 6.11. The summed E-state index contributed by atoms with van der Waals surface area (Å²) in [4.78, 5) is 4.80. The van der Waals surface area contributed by atoms with Crippen molar-refractivity contribution in [3.63, 3.8) is 0 Å². The summed E-state index contributed by atoms with van der Waals surface area (Å²) in [6, 6.07) is 22.7. The van der Waals surface area contributed by atoms with Crippen LogP contribution in [0.3, 0.4) is 0 Å². The first kappa shape index (κ1) is 17.2. The van der Waals surface area contributed by atoms with E-state index in [4.69, 9.17) is 4.98 Å². The predicted octanol–water partition coefficient (Wildman–Crippen LogP) is 7.06. The van der Waals surface area contributed by atoms with Gasteiger partial charge in [-0.25, -0.2) is 4.39 Å². The van der Waals surface area contributed by atoms with E-state index in [2.05, 4.69) is 30.3 Å². The number of aromatic nitrogens is 1. The van der Waals surface area contributed by atoms with Gasteiger partial charge in [0.15, 0.2) is 0 Å². The van der Waals surface area contributed by atoms with Gasteiger partial charge in [-0.2, -0.15) is 0 Å². The summed E-state index contributed by atoms with van der Waals surface area (Å²) in [6.07, 6.45) is 6.22. The Balaban J connectivity index is 1.49. The lowest BCUT2D eigenvalue weighted by atomic mass is 9.74. The van der Waals surface area contributed by atoms with E-state index in [-0.39, 0.29) is 5.82 Å². The van der Waals surface area contributed by atoms with Crippen LogP contribution in [0.2, 0.25) is 0 Å². The molecular weight excluding hydrogens is 381 g/mol. The number of aryl methyl sites for hydroxylation is 4. The molecular formula is C29H20FN. The van der Waals surface area contributed by atoms with Gasteiger partial charge in [0.2, 0.25) is 0 Å². The van der Waals surface area contributed by atoms with E-state index in [0.29, 0.717) is 5.39 Å². The summed E-state index contributed by atoms with van der Waals surface area (Å²) in [6.45, 7) is 0. The zero-order valence-electron chi connectivity index (χ0n) is 17.1. The molecule has 1 aromatic heterocycles. The summed E-state index contributed by atoms with van der Waals surface area (Å²) in [5.41, 5.74) is 11.0. The fourth-order valence-corrected chi connectivity index (χ4v) is 5.76. The second kappa shape index (κ2) is 6.24. The highest BCUT2D eigenvalue weighted by Gasteiger charge is 2.26. The lowest BCUT2D eigenvalue weighted by Crippen LogP contribution is -2.14. The van der Waals surface area contributed by atoms with Gasteiger partial charge < -0.3 is 0 Å². The van der Waals surface area contributed by atoms with Crippen molar-refractivity contribution in [1.29, 1.82) is 0 Å². The standard InChI is InChI=1S/C29H20FN/c30-26-6-2-5-22-23-13-14-31-29(25(23)12-11-24(22)26)21-15-19-9-7-17-3-1-4-18-8-10-20(16-21)28(19)27(17)18/h1-6,11-16H,7-10H2. The normalized spacial score (nSPS) is 14.1. The van der Waals surface area contributed by atoms with E-state index in [1.165, 1.54) is 45.0 Å². The lowest BCUT2D eigenvalue weighted by molar-refractivity contribution is 0.640. The fourth-order valence-electron chi connectivity index (χ4n) is 5.76. The maximum Gasteiger partial charge on any atom is 0.131 e. The van der Waals surface area contributed by atoms with Gasteiger partial charge in [0.1, 0.15) is 5.82 Å². The third-order valence-electron chi connectivity index (χ3n) is 7.14.